The summed E-state index contributed by atoms with van der Waals surface area (Å²) < 4.78 is 2.22. The number of nitrogens with zero attached hydrogens (tertiary/aromatic N) is 4. The molecule has 6 nitrogen and oxygen atoms in total. The summed E-state index contributed by atoms with van der Waals surface area (Å²) >= 11 is 1.44. The van der Waals surface area contributed by atoms with Crippen molar-refractivity contribution in [1.29, 1.82) is 5.26 Å². The van der Waals surface area contributed by atoms with Crippen LogP contribution in [0.1, 0.15) is 27.8 Å². The molecular formula is C23H18N4O2S. The first kappa shape index (κ1) is 19.6. The van der Waals surface area contributed by atoms with Crippen molar-refractivity contribution in [2.24, 2.45) is 4.99 Å². The predicted molar refractivity (Wildman–Crippen MR) is 119 cm³/mol. The van der Waals surface area contributed by atoms with E-state index in [1.807, 2.05) is 61.5 Å². The predicted octanol–water partition coefficient (Wildman–Crippen LogP) is 4.45. The molecule has 7 heteroatoms. The number of nitriles is 1. The summed E-state index contributed by atoms with van der Waals surface area (Å²) in [6.45, 7) is 3.81. The highest BCUT2D eigenvalue weighted by molar-refractivity contribution is 7.22. The van der Waals surface area contributed by atoms with Crippen LogP contribution in [0.15, 0.2) is 58.3 Å². The third-order valence-corrected chi connectivity index (χ3v) is 5.79. The molecule has 0 aliphatic heterocycles. The highest BCUT2D eigenvalue weighted by Crippen LogP contribution is 2.29. The Bertz CT molecular complexity index is 1380. The zero-order valence-corrected chi connectivity index (χ0v) is 17.3. The standard InChI is InChI=1S/C23H18N4O2S/c1-14-8-9-19-20(10-14)30-23(26-19)25-12-18-15(2)17(11-24)21(28)27(22(18)29)13-16-6-4-3-5-7-16/h3-10,12,29H,13H2,1-2H3/b25-12+. The van der Waals surface area contributed by atoms with Crippen LogP contribution in [0.2, 0.25) is 0 Å². The van der Waals surface area contributed by atoms with Gasteiger partial charge in [-0.1, -0.05) is 47.7 Å². The van der Waals surface area contributed by atoms with Gasteiger partial charge in [-0.25, -0.2) is 9.98 Å². The lowest BCUT2D eigenvalue weighted by Crippen LogP contribution is -2.25. The number of pyridine rings is 1. The molecule has 2 heterocycles. The Balaban J connectivity index is 1.80. The van der Waals surface area contributed by atoms with Gasteiger partial charge < -0.3 is 5.11 Å². The van der Waals surface area contributed by atoms with Crippen LogP contribution >= 0.6 is 11.3 Å². The van der Waals surface area contributed by atoms with Gasteiger partial charge in [-0.05, 0) is 42.7 Å². The molecule has 2 aromatic heterocycles. The van der Waals surface area contributed by atoms with Crippen LogP contribution in [0.4, 0.5) is 5.13 Å². The first-order valence-electron chi connectivity index (χ1n) is 9.29. The molecule has 0 aliphatic carbocycles. The van der Waals surface area contributed by atoms with Crippen molar-refractivity contribution in [2.75, 3.05) is 0 Å². The molecule has 4 aromatic rings. The van der Waals surface area contributed by atoms with E-state index in [4.69, 9.17) is 0 Å². The number of rotatable bonds is 4. The van der Waals surface area contributed by atoms with Gasteiger partial charge in [0.2, 0.25) is 11.0 Å². The van der Waals surface area contributed by atoms with Crippen LogP contribution in [0.3, 0.4) is 0 Å². The molecule has 30 heavy (non-hydrogen) atoms. The van der Waals surface area contributed by atoms with Crippen LogP contribution < -0.4 is 5.56 Å². The highest BCUT2D eigenvalue weighted by atomic mass is 32.1. The van der Waals surface area contributed by atoms with E-state index < -0.39 is 5.56 Å². The monoisotopic (exact) mass is 414 g/mol. The summed E-state index contributed by atoms with van der Waals surface area (Å²) in [6.07, 6.45) is 1.47. The number of aromatic hydroxyl groups is 1. The summed E-state index contributed by atoms with van der Waals surface area (Å²) in [6, 6.07) is 17.2. The third kappa shape index (κ3) is 3.61. The van der Waals surface area contributed by atoms with E-state index in [-0.39, 0.29) is 18.0 Å². The summed E-state index contributed by atoms with van der Waals surface area (Å²) in [7, 11) is 0. The molecule has 2 aromatic carbocycles. The topological polar surface area (TPSA) is 91.3 Å². The van der Waals surface area contributed by atoms with Crippen LogP contribution in [-0.2, 0) is 6.54 Å². The molecule has 0 saturated carbocycles. The quantitative estimate of drug-likeness (QED) is 0.500. The molecule has 0 spiro atoms. The van der Waals surface area contributed by atoms with Crippen molar-refractivity contribution in [3.05, 3.63) is 86.7 Å². The van der Waals surface area contributed by atoms with Crippen molar-refractivity contribution in [3.8, 4) is 11.9 Å². The molecule has 1 N–H and O–H groups in total. The Kier molecular flexibility index (Phi) is 5.17. The largest absolute Gasteiger partial charge is 0.494 e. The van der Waals surface area contributed by atoms with Crippen LogP contribution in [0.25, 0.3) is 10.2 Å². The first-order chi connectivity index (χ1) is 14.5. The van der Waals surface area contributed by atoms with Crippen molar-refractivity contribution < 1.29 is 5.11 Å². The lowest BCUT2D eigenvalue weighted by molar-refractivity contribution is 0.413. The molecule has 148 valence electrons. The summed E-state index contributed by atoms with van der Waals surface area (Å²) in [4.78, 5) is 21.6. The first-order valence-corrected chi connectivity index (χ1v) is 10.1. The molecule has 0 bridgehead atoms. The molecule has 0 saturated heterocycles. The van der Waals surface area contributed by atoms with Crippen LogP contribution in [0, 0.1) is 25.2 Å². The van der Waals surface area contributed by atoms with E-state index in [1.165, 1.54) is 22.1 Å². The van der Waals surface area contributed by atoms with Crippen molar-refractivity contribution in [1.82, 2.24) is 9.55 Å². The van der Waals surface area contributed by atoms with E-state index >= 15 is 0 Å². The SMILES string of the molecule is Cc1ccc2nc(/N=C/c3c(C)c(C#N)c(=O)n(Cc4ccccc4)c3O)sc2c1. The van der Waals surface area contributed by atoms with Gasteiger partial charge in [0.15, 0.2) is 0 Å². The zero-order valence-electron chi connectivity index (χ0n) is 16.5. The molecular weight excluding hydrogens is 396 g/mol. The Labute approximate surface area is 177 Å². The Morgan fingerprint density at radius 1 is 1.23 bits per heavy atom. The van der Waals surface area contributed by atoms with Gasteiger partial charge in [-0.15, -0.1) is 0 Å². The summed E-state index contributed by atoms with van der Waals surface area (Å²) in [5.41, 5.74) is 3.02. The minimum Gasteiger partial charge on any atom is -0.494 e. The number of hydrogen-bond donors (Lipinski definition) is 1. The van der Waals surface area contributed by atoms with E-state index in [0.29, 0.717) is 16.3 Å². The molecule has 0 aliphatic rings. The number of fused-ring (bicyclic) bond motifs is 1. The molecule has 0 fully saturated rings. The van der Waals surface area contributed by atoms with Crippen molar-refractivity contribution >= 4 is 32.9 Å². The fraction of sp³-hybridized carbons (Fsp3) is 0.130. The molecule has 0 amide bonds. The molecule has 4 rings (SSSR count). The van der Waals surface area contributed by atoms with Gasteiger partial charge in [0, 0.05) is 6.21 Å². The van der Waals surface area contributed by atoms with Crippen molar-refractivity contribution in [3.63, 3.8) is 0 Å². The maximum Gasteiger partial charge on any atom is 0.271 e. The summed E-state index contributed by atoms with van der Waals surface area (Å²) in [5.74, 6) is -0.221. The van der Waals surface area contributed by atoms with E-state index in [0.717, 1.165) is 21.3 Å². The van der Waals surface area contributed by atoms with Crippen LogP contribution in [0.5, 0.6) is 5.88 Å². The summed E-state index contributed by atoms with van der Waals surface area (Å²) in [5, 5.41) is 20.9. The number of aromatic nitrogens is 2. The Morgan fingerprint density at radius 2 is 2.00 bits per heavy atom. The number of aliphatic imine (C=N–C) groups is 1. The van der Waals surface area contributed by atoms with Gasteiger partial charge in [-0.2, -0.15) is 5.26 Å². The Hall–Kier alpha value is -3.76. The lowest BCUT2D eigenvalue weighted by atomic mass is 10.1. The number of benzene rings is 2. The number of hydrogen-bond acceptors (Lipinski definition) is 6. The van der Waals surface area contributed by atoms with Gasteiger partial charge in [0.1, 0.15) is 11.6 Å². The maximum absolute atomic E-state index is 12.7. The smallest absolute Gasteiger partial charge is 0.271 e. The van der Waals surface area contributed by atoms with E-state index in [1.54, 1.807) is 6.92 Å². The number of thiazole rings is 1. The minimum absolute atomic E-state index is 0.00916. The van der Waals surface area contributed by atoms with E-state index in [9.17, 15) is 15.2 Å². The molecule has 0 radical (unpaired) electrons. The fourth-order valence-electron chi connectivity index (χ4n) is 3.23. The minimum atomic E-state index is -0.524. The van der Waals surface area contributed by atoms with Crippen molar-refractivity contribution in [2.45, 2.75) is 20.4 Å². The zero-order chi connectivity index (χ0) is 21.3. The molecule has 0 atom stereocenters. The average Bonchev–Trinajstić information content (AvgIpc) is 3.14. The van der Waals surface area contributed by atoms with Gasteiger partial charge in [-0.3, -0.25) is 9.36 Å². The molecule has 0 unspecified atom stereocenters. The highest BCUT2D eigenvalue weighted by Gasteiger charge is 2.18. The Morgan fingerprint density at radius 3 is 2.73 bits per heavy atom. The fourth-order valence-corrected chi connectivity index (χ4v) is 4.14. The average molecular weight is 414 g/mol. The lowest BCUT2D eigenvalue weighted by Gasteiger charge is -2.14. The second-order valence-corrected chi connectivity index (χ2v) is 7.96. The number of aryl methyl sites for hydroxylation is 1. The van der Waals surface area contributed by atoms with Gasteiger partial charge in [0.25, 0.3) is 5.56 Å². The van der Waals surface area contributed by atoms with Crippen LogP contribution in [-0.4, -0.2) is 20.9 Å². The maximum atomic E-state index is 12.7. The normalized spacial score (nSPS) is 11.2. The van der Waals surface area contributed by atoms with Gasteiger partial charge in [0.05, 0.1) is 22.3 Å². The third-order valence-electron chi connectivity index (χ3n) is 4.87. The van der Waals surface area contributed by atoms with E-state index in [2.05, 4.69) is 9.98 Å². The second-order valence-electron chi connectivity index (χ2n) is 6.95. The van der Waals surface area contributed by atoms with Gasteiger partial charge >= 0.3 is 0 Å². The second kappa shape index (κ2) is 7.93.